The van der Waals surface area contributed by atoms with Crippen LogP contribution in [0.5, 0.6) is 0 Å². The molecular weight excluding hydrogens is 269 g/mol. The number of carbonyl (C=O) groups excluding carboxylic acids is 1. The van der Waals surface area contributed by atoms with E-state index >= 15 is 0 Å². The van der Waals surface area contributed by atoms with Gasteiger partial charge in [-0.1, -0.05) is 30.3 Å². The highest BCUT2D eigenvalue weighted by Gasteiger charge is 2.15. The van der Waals surface area contributed by atoms with Gasteiger partial charge in [-0.15, -0.1) is 0 Å². The van der Waals surface area contributed by atoms with E-state index in [1.165, 1.54) is 6.07 Å². The molecule has 2 rings (SSSR count). The Kier molecular flexibility index (Phi) is 4.87. The van der Waals surface area contributed by atoms with Gasteiger partial charge >= 0.3 is 0 Å². The monoisotopic (exact) mass is 287 g/mol. The first-order valence-electron chi connectivity index (χ1n) is 6.78. The molecule has 0 spiro atoms. The van der Waals surface area contributed by atoms with Crippen molar-refractivity contribution in [2.24, 2.45) is 0 Å². The van der Waals surface area contributed by atoms with Crippen LogP contribution in [0.1, 0.15) is 22.8 Å². The standard InChI is InChI=1S/C16H18FN3O/c1-11(8-12-6-4-3-5-7-12)20-16(21)14-9-13(17)10-19-15(14)18-2/h3-7,9-11H,8H2,1-2H3,(H,18,19)(H,20,21). The number of nitrogens with zero attached hydrogens (tertiary/aromatic N) is 1. The van der Waals surface area contributed by atoms with Gasteiger partial charge < -0.3 is 10.6 Å². The van der Waals surface area contributed by atoms with Gasteiger partial charge in [-0.25, -0.2) is 9.37 Å². The Bertz CT molecular complexity index is 616. The van der Waals surface area contributed by atoms with Crippen LogP contribution < -0.4 is 10.6 Å². The molecule has 0 aliphatic heterocycles. The van der Waals surface area contributed by atoms with E-state index in [0.29, 0.717) is 12.2 Å². The maximum atomic E-state index is 13.3. The van der Waals surface area contributed by atoms with Gasteiger partial charge in [0.05, 0.1) is 11.8 Å². The molecule has 0 saturated carbocycles. The summed E-state index contributed by atoms with van der Waals surface area (Å²) in [6, 6.07) is 11.0. The Morgan fingerprint density at radius 2 is 2.05 bits per heavy atom. The van der Waals surface area contributed by atoms with Gasteiger partial charge in [0.25, 0.3) is 5.91 Å². The number of nitrogens with one attached hydrogen (secondary N) is 2. The lowest BCUT2D eigenvalue weighted by atomic mass is 10.1. The molecule has 0 fully saturated rings. The zero-order valence-corrected chi connectivity index (χ0v) is 12.1. The molecule has 0 aliphatic carbocycles. The average molecular weight is 287 g/mol. The Morgan fingerprint density at radius 3 is 2.71 bits per heavy atom. The van der Waals surface area contributed by atoms with Crippen molar-refractivity contribution in [3.05, 3.63) is 59.5 Å². The normalized spacial score (nSPS) is 11.8. The van der Waals surface area contributed by atoms with Gasteiger partial charge in [0, 0.05) is 13.1 Å². The fourth-order valence-corrected chi connectivity index (χ4v) is 2.13. The summed E-state index contributed by atoms with van der Waals surface area (Å²) in [6.07, 6.45) is 1.79. The number of halogens is 1. The molecule has 1 atom stereocenters. The van der Waals surface area contributed by atoms with Crippen LogP contribution in [-0.2, 0) is 6.42 Å². The van der Waals surface area contributed by atoms with Crippen LogP contribution in [0.3, 0.4) is 0 Å². The van der Waals surface area contributed by atoms with Crippen LogP contribution >= 0.6 is 0 Å². The Labute approximate surface area is 123 Å². The first kappa shape index (κ1) is 15.0. The third kappa shape index (κ3) is 4.02. The molecule has 1 unspecified atom stereocenters. The highest BCUT2D eigenvalue weighted by molar-refractivity contribution is 5.98. The molecule has 21 heavy (non-hydrogen) atoms. The van der Waals surface area contributed by atoms with Crippen molar-refractivity contribution >= 4 is 11.7 Å². The topological polar surface area (TPSA) is 54.0 Å². The summed E-state index contributed by atoms with van der Waals surface area (Å²) in [4.78, 5) is 16.1. The van der Waals surface area contributed by atoms with Crippen molar-refractivity contribution in [1.29, 1.82) is 0 Å². The molecular formula is C16H18FN3O. The smallest absolute Gasteiger partial charge is 0.255 e. The number of hydrogen-bond donors (Lipinski definition) is 2. The lowest BCUT2D eigenvalue weighted by Gasteiger charge is -2.15. The molecule has 5 heteroatoms. The van der Waals surface area contributed by atoms with E-state index < -0.39 is 5.82 Å². The number of benzene rings is 1. The Balaban J connectivity index is 2.06. The second kappa shape index (κ2) is 6.83. The SMILES string of the molecule is CNc1ncc(F)cc1C(=O)NC(C)Cc1ccccc1. The fourth-order valence-electron chi connectivity index (χ4n) is 2.13. The summed E-state index contributed by atoms with van der Waals surface area (Å²) in [7, 11) is 1.64. The number of hydrogen-bond acceptors (Lipinski definition) is 3. The van der Waals surface area contributed by atoms with Gasteiger partial charge in [0.1, 0.15) is 11.6 Å². The van der Waals surface area contributed by atoms with E-state index in [4.69, 9.17) is 0 Å². The molecule has 1 aromatic heterocycles. The van der Waals surface area contributed by atoms with Crippen molar-refractivity contribution in [3.63, 3.8) is 0 Å². The van der Waals surface area contributed by atoms with E-state index in [2.05, 4.69) is 15.6 Å². The summed E-state index contributed by atoms with van der Waals surface area (Å²) < 4.78 is 13.3. The Hall–Kier alpha value is -2.43. The van der Waals surface area contributed by atoms with Gasteiger partial charge in [-0.3, -0.25) is 4.79 Å². The van der Waals surface area contributed by atoms with Crippen LogP contribution in [-0.4, -0.2) is 24.0 Å². The molecule has 0 aliphatic rings. The number of carbonyl (C=O) groups is 1. The number of pyridine rings is 1. The van der Waals surface area contributed by atoms with Crippen LogP contribution in [0.4, 0.5) is 10.2 Å². The lowest BCUT2D eigenvalue weighted by molar-refractivity contribution is 0.0940. The van der Waals surface area contributed by atoms with Gasteiger partial charge in [-0.2, -0.15) is 0 Å². The molecule has 1 amide bonds. The minimum Gasteiger partial charge on any atom is -0.372 e. The Morgan fingerprint density at radius 1 is 1.33 bits per heavy atom. The maximum absolute atomic E-state index is 13.3. The zero-order chi connectivity index (χ0) is 15.2. The van der Waals surface area contributed by atoms with Crippen LogP contribution in [0.25, 0.3) is 0 Å². The molecule has 110 valence electrons. The van der Waals surface area contributed by atoms with Crippen LogP contribution in [0, 0.1) is 5.82 Å². The molecule has 1 heterocycles. The molecule has 1 aromatic carbocycles. The van der Waals surface area contributed by atoms with Crippen LogP contribution in [0.2, 0.25) is 0 Å². The highest BCUT2D eigenvalue weighted by Crippen LogP contribution is 2.13. The second-order valence-corrected chi connectivity index (χ2v) is 4.86. The number of amides is 1. The summed E-state index contributed by atoms with van der Waals surface area (Å²) in [5.41, 5.74) is 1.34. The van der Waals surface area contributed by atoms with Crippen molar-refractivity contribution < 1.29 is 9.18 Å². The predicted molar refractivity (Wildman–Crippen MR) is 80.8 cm³/mol. The van der Waals surface area contributed by atoms with Gasteiger partial charge in [0.2, 0.25) is 0 Å². The predicted octanol–water partition coefficient (Wildman–Crippen LogP) is 2.62. The molecule has 0 bridgehead atoms. The fraction of sp³-hybridized carbons (Fsp3) is 0.250. The summed E-state index contributed by atoms with van der Waals surface area (Å²) in [6.45, 7) is 1.91. The quantitative estimate of drug-likeness (QED) is 0.889. The third-order valence-corrected chi connectivity index (χ3v) is 3.10. The lowest BCUT2D eigenvalue weighted by Crippen LogP contribution is -2.34. The zero-order valence-electron chi connectivity index (χ0n) is 12.1. The van der Waals surface area contributed by atoms with Crippen molar-refractivity contribution in [2.75, 3.05) is 12.4 Å². The van der Waals surface area contributed by atoms with Crippen LogP contribution in [0.15, 0.2) is 42.6 Å². The first-order valence-corrected chi connectivity index (χ1v) is 6.78. The van der Waals surface area contributed by atoms with E-state index in [9.17, 15) is 9.18 Å². The second-order valence-electron chi connectivity index (χ2n) is 4.86. The minimum absolute atomic E-state index is 0.0622. The molecule has 0 saturated heterocycles. The number of aromatic nitrogens is 1. The third-order valence-electron chi connectivity index (χ3n) is 3.10. The van der Waals surface area contributed by atoms with E-state index in [1.54, 1.807) is 7.05 Å². The minimum atomic E-state index is -0.533. The molecule has 0 radical (unpaired) electrons. The molecule has 2 aromatic rings. The summed E-state index contributed by atoms with van der Waals surface area (Å²) in [5, 5.41) is 5.65. The van der Waals surface area contributed by atoms with Crippen molar-refractivity contribution in [3.8, 4) is 0 Å². The largest absolute Gasteiger partial charge is 0.372 e. The molecule has 4 nitrogen and oxygen atoms in total. The molecule has 2 N–H and O–H groups in total. The highest BCUT2D eigenvalue weighted by atomic mass is 19.1. The van der Waals surface area contributed by atoms with E-state index in [-0.39, 0.29) is 17.5 Å². The van der Waals surface area contributed by atoms with Gasteiger partial charge in [0.15, 0.2) is 0 Å². The van der Waals surface area contributed by atoms with Crippen molar-refractivity contribution in [1.82, 2.24) is 10.3 Å². The summed E-state index contributed by atoms with van der Waals surface area (Å²) >= 11 is 0. The van der Waals surface area contributed by atoms with E-state index in [0.717, 1.165) is 11.8 Å². The number of rotatable bonds is 5. The van der Waals surface area contributed by atoms with E-state index in [1.807, 2.05) is 37.3 Å². The van der Waals surface area contributed by atoms with Gasteiger partial charge in [-0.05, 0) is 25.0 Å². The van der Waals surface area contributed by atoms with Crippen molar-refractivity contribution in [2.45, 2.75) is 19.4 Å². The number of anilines is 1. The maximum Gasteiger partial charge on any atom is 0.255 e. The summed E-state index contributed by atoms with van der Waals surface area (Å²) in [5.74, 6) is -0.509. The first-order chi connectivity index (χ1) is 10.1. The average Bonchev–Trinajstić information content (AvgIpc) is 2.48.